The van der Waals surface area contributed by atoms with Gasteiger partial charge in [-0.1, -0.05) is 0 Å². The van der Waals surface area contributed by atoms with Crippen LogP contribution in [0.3, 0.4) is 0 Å². The molecule has 0 spiro atoms. The Kier molecular flexibility index (Phi) is 8.53. The SMILES string of the molecule is CNCCCOc1ccncc1Nc1cc[nH]c(=O)c1C(=O)Nc1ccc(N2CCN(C)CC2)cc1. The van der Waals surface area contributed by atoms with Crippen molar-refractivity contribution in [1.29, 1.82) is 0 Å². The van der Waals surface area contributed by atoms with Gasteiger partial charge in [-0.3, -0.25) is 14.6 Å². The van der Waals surface area contributed by atoms with Crippen LogP contribution in [-0.4, -0.2) is 74.2 Å². The number of aromatic nitrogens is 2. The number of ether oxygens (including phenoxy) is 1. The van der Waals surface area contributed by atoms with Crippen LogP contribution in [0.2, 0.25) is 0 Å². The van der Waals surface area contributed by atoms with Gasteiger partial charge in [0, 0.05) is 56.0 Å². The fraction of sp³-hybridized carbons (Fsp3) is 0.346. The molecule has 4 N–H and O–H groups in total. The number of rotatable bonds is 10. The summed E-state index contributed by atoms with van der Waals surface area (Å²) in [5.74, 6) is 0.0827. The number of pyridine rings is 2. The smallest absolute Gasteiger partial charge is 0.263 e. The Bertz CT molecular complexity index is 1200. The molecule has 36 heavy (non-hydrogen) atoms. The predicted molar refractivity (Wildman–Crippen MR) is 143 cm³/mol. The molecule has 1 saturated heterocycles. The number of hydrogen-bond donors (Lipinski definition) is 4. The van der Waals surface area contributed by atoms with Crippen molar-refractivity contribution in [2.75, 3.05) is 69.0 Å². The maximum atomic E-state index is 13.2. The molecule has 3 heterocycles. The van der Waals surface area contributed by atoms with Crippen molar-refractivity contribution in [3.8, 4) is 5.75 Å². The highest BCUT2D eigenvalue weighted by Crippen LogP contribution is 2.28. The summed E-state index contributed by atoms with van der Waals surface area (Å²) in [6, 6.07) is 11.1. The zero-order chi connectivity index (χ0) is 25.3. The van der Waals surface area contributed by atoms with Gasteiger partial charge in [0.15, 0.2) is 0 Å². The molecule has 2 aromatic heterocycles. The minimum atomic E-state index is -0.507. The van der Waals surface area contributed by atoms with Gasteiger partial charge in [0.1, 0.15) is 11.3 Å². The number of carbonyl (C=O) groups excluding carboxylic acids is 1. The number of amides is 1. The van der Waals surface area contributed by atoms with Crippen LogP contribution in [0.1, 0.15) is 16.8 Å². The van der Waals surface area contributed by atoms with Crippen molar-refractivity contribution < 1.29 is 9.53 Å². The standard InChI is InChI=1S/C26H33N7O3/c1-27-10-3-17-36-23-9-11-28-18-22(23)31-21-8-12-29-25(34)24(21)26(35)30-19-4-6-20(7-5-19)33-15-13-32(2)14-16-33/h4-9,11-12,18,27H,3,10,13-17H2,1-2H3,(H,30,35)(H2,29,31,34). The lowest BCUT2D eigenvalue weighted by atomic mass is 10.2. The van der Waals surface area contributed by atoms with E-state index in [0.29, 0.717) is 29.4 Å². The van der Waals surface area contributed by atoms with E-state index in [9.17, 15) is 9.59 Å². The van der Waals surface area contributed by atoms with Gasteiger partial charge in [-0.15, -0.1) is 0 Å². The molecule has 0 unspecified atom stereocenters. The third-order valence-corrected chi connectivity index (χ3v) is 6.06. The first-order valence-corrected chi connectivity index (χ1v) is 12.1. The monoisotopic (exact) mass is 491 g/mol. The fourth-order valence-corrected chi connectivity index (χ4v) is 4.00. The zero-order valence-electron chi connectivity index (χ0n) is 20.7. The summed E-state index contributed by atoms with van der Waals surface area (Å²) < 4.78 is 5.87. The van der Waals surface area contributed by atoms with E-state index < -0.39 is 11.5 Å². The lowest BCUT2D eigenvalue weighted by molar-refractivity contribution is 0.102. The molecule has 0 bridgehead atoms. The predicted octanol–water partition coefficient (Wildman–Crippen LogP) is 2.51. The largest absolute Gasteiger partial charge is 0.491 e. The molecular formula is C26H33N7O3. The molecule has 10 nitrogen and oxygen atoms in total. The molecule has 1 aliphatic heterocycles. The van der Waals surface area contributed by atoms with Gasteiger partial charge < -0.3 is 35.5 Å². The average molecular weight is 492 g/mol. The van der Waals surface area contributed by atoms with Crippen LogP contribution in [0.15, 0.2) is 59.8 Å². The first-order chi connectivity index (χ1) is 17.5. The summed E-state index contributed by atoms with van der Waals surface area (Å²) in [5.41, 5.74) is 2.14. The maximum Gasteiger partial charge on any atom is 0.263 e. The lowest BCUT2D eigenvalue weighted by Gasteiger charge is -2.34. The zero-order valence-corrected chi connectivity index (χ0v) is 20.7. The van der Waals surface area contributed by atoms with Crippen molar-refractivity contribution in [3.63, 3.8) is 0 Å². The molecule has 0 radical (unpaired) electrons. The summed E-state index contributed by atoms with van der Waals surface area (Å²) in [6.45, 7) is 5.32. The normalized spacial score (nSPS) is 13.9. The van der Waals surface area contributed by atoms with Crippen LogP contribution in [-0.2, 0) is 0 Å². The van der Waals surface area contributed by atoms with Crippen LogP contribution in [0.4, 0.5) is 22.7 Å². The molecule has 1 fully saturated rings. The van der Waals surface area contributed by atoms with E-state index in [-0.39, 0.29) is 5.56 Å². The number of H-pyrrole nitrogens is 1. The first kappa shape index (κ1) is 25.2. The van der Waals surface area contributed by atoms with Crippen molar-refractivity contribution in [1.82, 2.24) is 20.2 Å². The number of hydrogen-bond acceptors (Lipinski definition) is 8. The number of nitrogens with one attached hydrogen (secondary N) is 4. The summed E-state index contributed by atoms with van der Waals surface area (Å²) in [7, 11) is 4.01. The Morgan fingerprint density at radius 2 is 1.86 bits per heavy atom. The summed E-state index contributed by atoms with van der Waals surface area (Å²) in [6.07, 6.45) is 5.57. The van der Waals surface area contributed by atoms with Gasteiger partial charge >= 0.3 is 0 Å². The van der Waals surface area contributed by atoms with Crippen LogP contribution >= 0.6 is 0 Å². The fourth-order valence-electron chi connectivity index (χ4n) is 4.00. The summed E-state index contributed by atoms with van der Waals surface area (Å²) >= 11 is 0. The quantitative estimate of drug-likeness (QED) is 0.320. The average Bonchev–Trinajstić information content (AvgIpc) is 2.88. The second-order valence-corrected chi connectivity index (χ2v) is 8.69. The van der Waals surface area contributed by atoms with Crippen LogP contribution in [0.25, 0.3) is 0 Å². The third-order valence-electron chi connectivity index (χ3n) is 6.06. The Hall–Kier alpha value is -3.89. The molecule has 190 valence electrons. The highest BCUT2D eigenvalue weighted by Gasteiger charge is 2.19. The van der Waals surface area contributed by atoms with Gasteiger partial charge in [-0.05, 0) is 57.4 Å². The van der Waals surface area contributed by atoms with Gasteiger partial charge in [-0.2, -0.15) is 0 Å². The molecule has 4 rings (SSSR count). The van der Waals surface area contributed by atoms with E-state index in [1.165, 1.54) is 6.20 Å². The Morgan fingerprint density at radius 1 is 1.08 bits per heavy atom. The van der Waals surface area contributed by atoms with E-state index in [0.717, 1.165) is 44.8 Å². The Morgan fingerprint density at radius 3 is 2.61 bits per heavy atom. The number of anilines is 4. The van der Waals surface area contributed by atoms with Crippen molar-refractivity contribution >= 4 is 28.7 Å². The molecule has 1 aromatic carbocycles. The minimum Gasteiger partial charge on any atom is -0.491 e. The van der Waals surface area contributed by atoms with Gasteiger partial charge in [0.05, 0.1) is 24.2 Å². The minimum absolute atomic E-state index is 0.0226. The van der Waals surface area contributed by atoms with Crippen molar-refractivity contribution in [2.45, 2.75) is 6.42 Å². The molecule has 3 aromatic rings. The van der Waals surface area contributed by atoms with Crippen LogP contribution in [0.5, 0.6) is 5.75 Å². The molecule has 1 aliphatic rings. The number of piperazine rings is 1. The Balaban J connectivity index is 1.47. The molecule has 10 heteroatoms. The summed E-state index contributed by atoms with van der Waals surface area (Å²) in [4.78, 5) is 37.2. The van der Waals surface area contributed by atoms with Crippen LogP contribution < -0.4 is 31.1 Å². The molecule has 0 aliphatic carbocycles. The second-order valence-electron chi connectivity index (χ2n) is 8.69. The first-order valence-electron chi connectivity index (χ1n) is 12.1. The van der Waals surface area contributed by atoms with Crippen molar-refractivity contribution in [3.05, 3.63) is 70.9 Å². The van der Waals surface area contributed by atoms with E-state index in [4.69, 9.17) is 4.74 Å². The number of likely N-dealkylation sites (N-methyl/N-ethyl adjacent to an activating group) is 1. The molecule has 1 amide bonds. The number of aromatic amines is 1. The number of benzene rings is 1. The van der Waals surface area contributed by atoms with Crippen molar-refractivity contribution in [2.24, 2.45) is 0 Å². The lowest BCUT2D eigenvalue weighted by Crippen LogP contribution is -2.44. The number of carbonyl (C=O) groups is 1. The highest BCUT2D eigenvalue weighted by atomic mass is 16.5. The summed E-state index contributed by atoms with van der Waals surface area (Å²) in [5, 5.41) is 9.08. The molecule has 0 saturated carbocycles. The van der Waals surface area contributed by atoms with E-state index in [1.807, 2.05) is 31.3 Å². The van der Waals surface area contributed by atoms with E-state index >= 15 is 0 Å². The second kappa shape index (κ2) is 12.2. The number of nitrogens with zero attached hydrogens (tertiary/aromatic N) is 3. The third kappa shape index (κ3) is 6.41. The van der Waals surface area contributed by atoms with Gasteiger partial charge in [-0.25, -0.2) is 0 Å². The Labute approximate surface area is 210 Å². The van der Waals surface area contributed by atoms with E-state index in [1.54, 1.807) is 24.5 Å². The van der Waals surface area contributed by atoms with Gasteiger partial charge in [0.2, 0.25) is 0 Å². The topological polar surface area (TPSA) is 115 Å². The molecule has 0 atom stereocenters. The van der Waals surface area contributed by atoms with Crippen LogP contribution in [0, 0.1) is 0 Å². The maximum absolute atomic E-state index is 13.2. The van der Waals surface area contributed by atoms with Gasteiger partial charge in [0.25, 0.3) is 11.5 Å². The highest BCUT2D eigenvalue weighted by molar-refractivity contribution is 6.08. The van der Waals surface area contributed by atoms with E-state index in [2.05, 4.69) is 42.8 Å². The molecular weight excluding hydrogens is 458 g/mol.